The van der Waals surface area contributed by atoms with Gasteiger partial charge >= 0.3 is 0 Å². The van der Waals surface area contributed by atoms with Crippen molar-refractivity contribution in [3.8, 4) is 5.75 Å². The Balaban J connectivity index is 2.37. The van der Waals surface area contributed by atoms with Gasteiger partial charge in [0.2, 0.25) is 0 Å². The Morgan fingerprint density at radius 2 is 2.27 bits per heavy atom. The van der Waals surface area contributed by atoms with Crippen molar-refractivity contribution in [2.75, 3.05) is 0 Å². The van der Waals surface area contributed by atoms with Gasteiger partial charge in [-0.2, -0.15) is 0 Å². The molecule has 0 spiro atoms. The maximum Gasteiger partial charge on any atom is 0.137 e. The van der Waals surface area contributed by atoms with Crippen molar-refractivity contribution >= 4 is 28.3 Å². The van der Waals surface area contributed by atoms with Gasteiger partial charge in [0.25, 0.3) is 0 Å². The lowest BCUT2D eigenvalue weighted by Crippen LogP contribution is -2.24. The third-order valence-corrected chi connectivity index (χ3v) is 3.26. The molecule has 2 nitrogen and oxygen atoms in total. The topological polar surface area (TPSA) is 35.2 Å². The van der Waals surface area contributed by atoms with Gasteiger partial charge in [0.05, 0.1) is 4.90 Å². The van der Waals surface area contributed by atoms with Crippen LogP contribution in [-0.4, -0.2) is 9.92 Å². The summed E-state index contributed by atoms with van der Waals surface area (Å²) in [6, 6.07) is 6.10. The molecular weight excluding hydrogens is 226 g/mol. The number of hydrogen-bond acceptors (Lipinski definition) is 3. The van der Waals surface area contributed by atoms with Crippen molar-refractivity contribution in [1.29, 1.82) is 0 Å². The predicted octanol–water partition coefficient (Wildman–Crippen LogP) is 2.74. The smallest absolute Gasteiger partial charge is 0.137 e. The number of ether oxygens (including phenoxy) is 1. The van der Waals surface area contributed by atoms with Crippen LogP contribution in [0, 0.1) is 0 Å². The number of thiocarbonyl (C=S) groups is 1. The van der Waals surface area contributed by atoms with Gasteiger partial charge in [-0.15, -0.1) is 0 Å². The zero-order chi connectivity index (χ0) is 11.1. The van der Waals surface area contributed by atoms with E-state index in [0.29, 0.717) is 4.32 Å². The second-order valence-electron chi connectivity index (χ2n) is 4.20. The van der Waals surface area contributed by atoms with Crippen LogP contribution in [0.1, 0.15) is 19.4 Å². The van der Waals surface area contributed by atoms with E-state index in [1.54, 1.807) is 0 Å². The summed E-state index contributed by atoms with van der Waals surface area (Å²) in [5, 5.41) is 0. The van der Waals surface area contributed by atoms with Gasteiger partial charge in [0.15, 0.2) is 0 Å². The number of hydrogen-bond donors (Lipinski definition) is 1. The van der Waals surface area contributed by atoms with Crippen LogP contribution >= 0.6 is 24.0 Å². The SMILES string of the molecule is CC1(C)Cc2cccc(SC(N)=S)c2O1. The van der Waals surface area contributed by atoms with Gasteiger partial charge < -0.3 is 10.5 Å². The van der Waals surface area contributed by atoms with Crippen molar-refractivity contribution in [1.82, 2.24) is 0 Å². The average Bonchev–Trinajstić information content (AvgIpc) is 2.39. The molecule has 0 aliphatic carbocycles. The summed E-state index contributed by atoms with van der Waals surface area (Å²) in [6.45, 7) is 4.17. The minimum atomic E-state index is -0.116. The van der Waals surface area contributed by atoms with E-state index in [2.05, 4.69) is 19.9 Å². The van der Waals surface area contributed by atoms with Gasteiger partial charge in [0.1, 0.15) is 15.7 Å². The summed E-state index contributed by atoms with van der Waals surface area (Å²) >= 11 is 6.28. The number of fused-ring (bicyclic) bond motifs is 1. The fourth-order valence-corrected chi connectivity index (χ4v) is 2.67. The molecule has 0 aromatic heterocycles. The molecule has 1 heterocycles. The molecule has 1 aromatic carbocycles. The van der Waals surface area contributed by atoms with Crippen molar-refractivity contribution in [2.24, 2.45) is 5.73 Å². The van der Waals surface area contributed by atoms with E-state index in [1.807, 2.05) is 12.1 Å². The van der Waals surface area contributed by atoms with E-state index >= 15 is 0 Å². The molecule has 2 N–H and O–H groups in total. The molecule has 80 valence electrons. The van der Waals surface area contributed by atoms with Crippen LogP contribution in [-0.2, 0) is 6.42 Å². The maximum atomic E-state index is 5.89. The normalized spacial score (nSPS) is 16.9. The van der Waals surface area contributed by atoms with E-state index in [4.69, 9.17) is 22.7 Å². The first-order chi connectivity index (χ1) is 6.98. The Hall–Kier alpha value is -0.740. The van der Waals surface area contributed by atoms with Crippen LogP contribution in [0.25, 0.3) is 0 Å². The van der Waals surface area contributed by atoms with Crippen LogP contribution in [0.15, 0.2) is 23.1 Å². The van der Waals surface area contributed by atoms with Crippen LogP contribution < -0.4 is 10.5 Å². The number of benzene rings is 1. The Morgan fingerprint density at radius 1 is 1.53 bits per heavy atom. The van der Waals surface area contributed by atoms with Gasteiger partial charge in [0, 0.05) is 6.42 Å². The van der Waals surface area contributed by atoms with Crippen molar-refractivity contribution in [2.45, 2.75) is 30.8 Å². The Morgan fingerprint density at radius 3 is 2.93 bits per heavy atom. The van der Waals surface area contributed by atoms with Gasteiger partial charge in [-0.1, -0.05) is 36.1 Å². The maximum absolute atomic E-state index is 5.89. The Labute approximate surface area is 99.2 Å². The van der Waals surface area contributed by atoms with Crippen molar-refractivity contribution < 1.29 is 4.74 Å². The standard InChI is InChI=1S/C11H13NOS2/c1-11(2)6-7-4-3-5-8(9(7)13-11)15-10(12)14/h3-5H,6H2,1-2H3,(H2,12,14). The minimum Gasteiger partial charge on any atom is -0.486 e. The molecule has 0 radical (unpaired) electrons. The van der Waals surface area contributed by atoms with Crippen LogP contribution in [0.4, 0.5) is 0 Å². The summed E-state index contributed by atoms with van der Waals surface area (Å²) in [4.78, 5) is 1.02. The quantitative estimate of drug-likeness (QED) is 0.604. The van der Waals surface area contributed by atoms with E-state index < -0.39 is 0 Å². The first kappa shape index (κ1) is 10.8. The van der Waals surface area contributed by atoms with Crippen molar-refractivity contribution in [3.05, 3.63) is 23.8 Å². The molecule has 1 aliphatic rings. The third kappa shape index (κ3) is 2.26. The fourth-order valence-electron chi connectivity index (χ4n) is 1.78. The molecule has 0 fully saturated rings. The first-order valence-electron chi connectivity index (χ1n) is 4.76. The second-order valence-corrected chi connectivity index (χ2v) is 5.99. The molecule has 15 heavy (non-hydrogen) atoms. The predicted molar refractivity (Wildman–Crippen MR) is 67.5 cm³/mol. The number of rotatable bonds is 1. The van der Waals surface area contributed by atoms with Crippen LogP contribution in [0.2, 0.25) is 0 Å². The molecular formula is C11H13NOS2. The van der Waals surface area contributed by atoms with E-state index in [9.17, 15) is 0 Å². The van der Waals surface area contributed by atoms with E-state index in [1.165, 1.54) is 17.3 Å². The lowest BCUT2D eigenvalue weighted by molar-refractivity contribution is 0.135. The van der Waals surface area contributed by atoms with E-state index in [-0.39, 0.29) is 5.60 Å². The number of para-hydroxylation sites is 1. The average molecular weight is 239 g/mol. The van der Waals surface area contributed by atoms with Crippen LogP contribution in [0.3, 0.4) is 0 Å². The molecule has 0 atom stereocenters. The molecule has 1 aliphatic heterocycles. The molecule has 0 saturated heterocycles. The highest BCUT2D eigenvalue weighted by atomic mass is 32.2. The zero-order valence-corrected chi connectivity index (χ0v) is 10.4. The first-order valence-corrected chi connectivity index (χ1v) is 5.99. The molecule has 0 saturated carbocycles. The summed E-state index contributed by atoms with van der Waals surface area (Å²) in [5.74, 6) is 0.945. The molecule has 0 amide bonds. The van der Waals surface area contributed by atoms with Crippen molar-refractivity contribution in [3.63, 3.8) is 0 Å². The number of thioether (sulfide) groups is 1. The van der Waals surface area contributed by atoms with E-state index in [0.717, 1.165) is 17.1 Å². The number of nitrogens with two attached hydrogens (primary N) is 1. The lowest BCUT2D eigenvalue weighted by Gasteiger charge is -2.17. The third-order valence-electron chi connectivity index (χ3n) is 2.27. The molecule has 2 rings (SSSR count). The zero-order valence-electron chi connectivity index (χ0n) is 8.74. The van der Waals surface area contributed by atoms with Crippen LogP contribution in [0.5, 0.6) is 5.75 Å². The van der Waals surface area contributed by atoms with Gasteiger partial charge in [-0.25, -0.2) is 0 Å². The largest absolute Gasteiger partial charge is 0.486 e. The fraction of sp³-hybridized carbons (Fsp3) is 0.364. The highest BCUT2D eigenvalue weighted by Crippen LogP contribution is 2.41. The Kier molecular flexibility index (Phi) is 2.64. The molecule has 0 bridgehead atoms. The summed E-state index contributed by atoms with van der Waals surface area (Å²) in [6.07, 6.45) is 0.939. The molecule has 0 unspecified atom stereocenters. The summed E-state index contributed by atoms with van der Waals surface area (Å²) < 4.78 is 6.32. The van der Waals surface area contributed by atoms with Gasteiger partial charge in [-0.05, 0) is 25.5 Å². The second kappa shape index (κ2) is 3.68. The lowest BCUT2D eigenvalue weighted by atomic mass is 10.0. The highest BCUT2D eigenvalue weighted by Gasteiger charge is 2.31. The summed E-state index contributed by atoms with van der Waals surface area (Å²) in [7, 11) is 0. The van der Waals surface area contributed by atoms with Gasteiger partial charge in [-0.3, -0.25) is 0 Å². The Bertz CT molecular complexity index is 415. The monoisotopic (exact) mass is 239 g/mol. The minimum absolute atomic E-state index is 0.116. The highest BCUT2D eigenvalue weighted by molar-refractivity contribution is 8.23. The molecule has 1 aromatic rings. The molecule has 4 heteroatoms. The summed E-state index contributed by atoms with van der Waals surface area (Å²) in [5.41, 5.74) is 6.65.